The second kappa shape index (κ2) is 8.97. The van der Waals surface area contributed by atoms with Crippen molar-refractivity contribution in [3.8, 4) is 17.2 Å². The standard InChI is InChI=1S/C20H27NO3.ClH/c1-20(2,3)19(21)15-11-17(22-4)18(23-5)12-16(15)24-13-14-9-7-6-8-10-14;/h6-12,19H,13,21H2,1-5H3;1H/t19-;/m1./s1. The maximum atomic E-state index is 6.48. The van der Waals surface area contributed by atoms with Crippen LogP contribution in [0.1, 0.15) is 37.9 Å². The Balaban J connectivity index is 0.00000312. The van der Waals surface area contributed by atoms with E-state index in [9.17, 15) is 0 Å². The summed E-state index contributed by atoms with van der Waals surface area (Å²) in [5, 5.41) is 0. The number of hydrogen-bond acceptors (Lipinski definition) is 4. The van der Waals surface area contributed by atoms with Crippen LogP contribution in [0.4, 0.5) is 0 Å². The fraction of sp³-hybridized carbons (Fsp3) is 0.400. The summed E-state index contributed by atoms with van der Waals surface area (Å²) in [6, 6.07) is 13.6. The third kappa shape index (κ3) is 5.28. The third-order valence-corrected chi connectivity index (χ3v) is 4.02. The van der Waals surface area contributed by atoms with E-state index in [4.69, 9.17) is 19.9 Å². The molecule has 2 aromatic carbocycles. The molecule has 25 heavy (non-hydrogen) atoms. The summed E-state index contributed by atoms with van der Waals surface area (Å²) in [4.78, 5) is 0. The summed E-state index contributed by atoms with van der Waals surface area (Å²) in [6.45, 7) is 6.79. The smallest absolute Gasteiger partial charge is 0.164 e. The van der Waals surface area contributed by atoms with Gasteiger partial charge in [-0.1, -0.05) is 51.1 Å². The quantitative estimate of drug-likeness (QED) is 0.802. The topological polar surface area (TPSA) is 53.7 Å². The van der Waals surface area contributed by atoms with Gasteiger partial charge in [-0.3, -0.25) is 0 Å². The second-order valence-corrected chi connectivity index (χ2v) is 6.86. The van der Waals surface area contributed by atoms with Gasteiger partial charge >= 0.3 is 0 Å². The Morgan fingerprint density at radius 3 is 2.00 bits per heavy atom. The predicted molar refractivity (Wildman–Crippen MR) is 104 cm³/mol. The Morgan fingerprint density at radius 1 is 0.920 bits per heavy atom. The highest BCUT2D eigenvalue weighted by atomic mass is 35.5. The second-order valence-electron chi connectivity index (χ2n) is 6.86. The zero-order valence-corrected chi connectivity index (χ0v) is 16.4. The van der Waals surface area contributed by atoms with E-state index in [2.05, 4.69) is 20.8 Å². The monoisotopic (exact) mass is 365 g/mol. The molecular weight excluding hydrogens is 338 g/mol. The minimum absolute atomic E-state index is 0. The van der Waals surface area contributed by atoms with Crippen LogP contribution in [0.3, 0.4) is 0 Å². The van der Waals surface area contributed by atoms with E-state index in [0.717, 1.165) is 16.9 Å². The van der Waals surface area contributed by atoms with Crippen LogP contribution >= 0.6 is 12.4 Å². The fourth-order valence-electron chi connectivity index (χ4n) is 2.45. The molecule has 0 saturated carbocycles. The van der Waals surface area contributed by atoms with Gasteiger partial charge in [0.15, 0.2) is 11.5 Å². The van der Waals surface area contributed by atoms with Crippen LogP contribution in [-0.2, 0) is 6.61 Å². The first kappa shape index (κ1) is 21.1. The molecule has 0 aliphatic rings. The maximum Gasteiger partial charge on any atom is 0.164 e. The molecule has 0 radical (unpaired) electrons. The Labute approximate surface area is 156 Å². The lowest BCUT2D eigenvalue weighted by Crippen LogP contribution is -2.27. The molecule has 0 bridgehead atoms. The van der Waals surface area contributed by atoms with Crippen molar-refractivity contribution < 1.29 is 14.2 Å². The van der Waals surface area contributed by atoms with Crippen LogP contribution in [0, 0.1) is 5.41 Å². The highest BCUT2D eigenvalue weighted by Gasteiger charge is 2.27. The van der Waals surface area contributed by atoms with E-state index in [1.165, 1.54) is 0 Å². The van der Waals surface area contributed by atoms with Crippen molar-refractivity contribution in [2.24, 2.45) is 11.1 Å². The Morgan fingerprint density at radius 2 is 1.48 bits per heavy atom. The van der Waals surface area contributed by atoms with Crippen molar-refractivity contribution in [2.45, 2.75) is 33.4 Å². The molecule has 0 aliphatic heterocycles. The number of rotatable bonds is 6. The predicted octanol–water partition coefficient (Wildman–Crippen LogP) is 4.75. The Hall–Kier alpha value is -1.91. The number of nitrogens with two attached hydrogens (primary N) is 1. The lowest BCUT2D eigenvalue weighted by Gasteiger charge is -2.29. The lowest BCUT2D eigenvalue weighted by molar-refractivity contribution is 0.275. The zero-order valence-electron chi connectivity index (χ0n) is 15.5. The van der Waals surface area contributed by atoms with E-state index >= 15 is 0 Å². The van der Waals surface area contributed by atoms with E-state index in [1.807, 2.05) is 42.5 Å². The number of methoxy groups -OCH3 is 2. The average Bonchev–Trinajstić information content (AvgIpc) is 2.58. The van der Waals surface area contributed by atoms with Gasteiger partial charge in [0.2, 0.25) is 0 Å². The van der Waals surface area contributed by atoms with Gasteiger partial charge < -0.3 is 19.9 Å². The van der Waals surface area contributed by atoms with Gasteiger partial charge in [-0.2, -0.15) is 0 Å². The SMILES string of the molecule is COc1cc(OCc2ccccc2)c([C@@H](N)C(C)(C)C)cc1OC.Cl. The number of hydrogen-bond donors (Lipinski definition) is 1. The van der Waals surface area contributed by atoms with Crippen LogP contribution in [0.25, 0.3) is 0 Å². The first-order valence-electron chi connectivity index (χ1n) is 8.05. The molecule has 0 fully saturated rings. The largest absolute Gasteiger partial charge is 0.493 e. The molecule has 2 rings (SSSR count). The van der Waals surface area contributed by atoms with Crippen molar-refractivity contribution >= 4 is 12.4 Å². The molecule has 5 heteroatoms. The van der Waals surface area contributed by atoms with Crippen LogP contribution in [0.5, 0.6) is 17.2 Å². The van der Waals surface area contributed by atoms with Gasteiger partial charge in [0.05, 0.1) is 14.2 Å². The third-order valence-electron chi connectivity index (χ3n) is 4.02. The first-order chi connectivity index (χ1) is 11.4. The van der Waals surface area contributed by atoms with Crippen LogP contribution < -0.4 is 19.9 Å². The highest BCUT2D eigenvalue weighted by Crippen LogP contribution is 2.42. The Kier molecular flexibility index (Phi) is 7.59. The molecule has 0 spiro atoms. The normalized spacial score (nSPS) is 12.1. The van der Waals surface area contributed by atoms with E-state index in [-0.39, 0.29) is 23.9 Å². The minimum atomic E-state index is -0.192. The van der Waals surface area contributed by atoms with E-state index < -0.39 is 0 Å². The van der Waals surface area contributed by atoms with Gasteiger partial charge in [-0.25, -0.2) is 0 Å². The first-order valence-corrected chi connectivity index (χ1v) is 8.05. The van der Waals surface area contributed by atoms with Gasteiger partial charge in [0.25, 0.3) is 0 Å². The van der Waals surface area contributed by atoms with Gasteiger partial charge in [0, 0.05) is 17.7 Å². The number of ether oxygens (including phenoxy) is 3. The fourth-order valence-corrected chi connectivity index (χ4v) is 2.45. The molecule has 1 atom stereocenters. The molecule has 0 unspecified atom stereocenters. The molecule has 0 aromatic heterocycles. The molecule has 0 heterocycles. The lowest BCUT2D eigenvalue weighted by atomic mass is 9.82. The summed E-state index contributed by atoms with van der Waals surface area (Å²) in [7, 11) is 3.23. The highest BCUT2D eigenvalue weighted by molar-refractivity contribution is 5.85. The number of halogens is 1. The molecular formula is C20H28ClNO3. The van der Waals surface area contributed by atoms with Crippen molar-refractivity contribution in [1.29, 1.82) is 0 Å². The van der Waals surface area contributed by atoms with Gasteiger partial charge in [0.1, 0.15) is 12.4 Å². The van der Waals surface area contributed by atoms with E-state index in [0.29, 0.717) is 18.1 Å². The summed E-state index contributed by atoms with van der Waals surface area (Å²) < 4.78 is 16.9. The minimum Gasteiger partial charge on any atom is -0.493 e. The molecule has 0 aliphatic carbocycles. The van der Waals surface area contributed by atoms with Crippen molar-refractivity contribution in [1.82, 2.24) is 0 Å². The van der Waals surface area contributed by atoms with Crippen LogP contribution in [0.2, 0.25) is 0 Å². The average molecular weight is 366 g/mol. The summed E-state index contributed by atoms with van der Waals surface area (Å²) in [6.07, 6.45) is 0. The van der Waals surface area contributed by atoms with Crippen molar-refractivity contribution in [3.63, 3.8) is 0 Å². The maximum absolute atomic E-state index is 6.48. The Bertz CT molecular complexity index is 669. The van der Waals surface area contributed by atoms with Gasteiger partial charge in [-0.15, -0.1) is 12.4 Å². The van der Waals surface area contributed by atoms with Gasteiger partial charge in [-0.05, 0) is 17.0 Å². The molecule has 0 saturated heterocycles. The molecule has 0 amide bonds. The number of benzene rings is 2. The van der Waals surface area contributed by atoms with Crippen molar-refractivity contribution in [3.05, 3.63) is 53.6 Å². The molecule has 138 valence electrons. The molecule has 2 N–H and O–H groups in total. The molecule has 4 nitrogen and oxygen atoms in total. The summed E-state index contributed by atoms with van der Waals surface area (Å²) in [5.74, 6) is 2.00. The van der Waals surface area contributed by atoms with Crippen LogP contribution in [0.15, 0.2) is 42.5 Å². The van der Waals surface area contributed by atoms with Crippen molar-refractivity contribution in [2.75, 3.05) is 14.2 Å². The molecule has 2 aromatic rings. The van der Waals surface area contributed by atoms with Crippen LogP contribution in [-0.4, -0.2) is 14.2 Å². The summed E-state index contributed by atoms with van der Waals surface area (Å²) in [5.41, 5.74) is 8.39. The zero-order chi connectivity index (χ0) is 17.7. The summed E-state index contributed by atoms with van der Waals surface area (Å²) >= 11 is 0. The van der Waals surface area contributed by atoms with E-state index in [1.54, 1.807) is 14.2 Å².